The molecule has 2 aromatic rings. The number of para-hydroxylation sites is 1. The van der Waals surface area contributed by atoms with Crippen molar-refractivity contribution in [2.45, 2.75) is 19.3 Å². The lowest BCUT2D eigenvalue weighted by Crippen LogP contribution is -2.23. The molecular weight excluding hydrogens is 310 g/mol. The number of nitrogens with zero attached hydrogens (tertiary/aromatic N) is 1. The van der Waals surface area contributed by atoms with Crippen LogP contribution in [0.25, 0.3) is 0 Å². The van der Waals surface area contributed by atoms with Gasteiger partial charge in [-0.25, -0.2) is 4.99 Å². The van der Waals surface area contributed by atoms with Crippen molar-refractivity contribution in [2.75, 3.05) is 18.5 Å². The summed E-state index contributed by atoms with van der Waals surface area (Å²) in [6, 6.07) is 13.7. The maximum Gasteiger partial charge on any atom is 0.193 e. The first-order valence-corrected chi connectivity index (χ1v) is 8.16. The average Bonchev–Trinajstić information content (AvgIpc) is 3.01. The molecular formula is C18H20ClN3O. The fourth-order valence-electron chi connectivity index (χ4n) is 2.72. The molecule has 3 N–H and O–H groups in total. The molecule has 0 spiro atoms. The van der Waals surface area contributed by atoms with Crippen molar-refractivity contribution >= 4 is 23.2 Å². The van der Waals surface area contributed by atoms with Crippen LogP contribution in [0.15, 0.2) is 47.5 Å². The minimum absolute atomic E-state index is 0.394. The molecule has 0 aliphatic heterocycles. The van der Waals surface area contributed by atoms with E-state index in [1.165, 1.54) is 24.0 Å². The van der Waals surface area contributed by atoms with Gasteiger partial charge in [0.15, 0.2) is 5.96 Å². The van der Waals surface area contributed by atoms with Gasteiger partial charge in [0, 0.05) is 5.69 Å². The molecule has 0 bridgehead atoms. The summed E-state index contributed by atoms with van der Waals surface area (Å²) in [6.45, 7) is 0.894. The molecule has 2 aromatic carbocycles. The Balaban J connectivity index is 1.49. The summed E-state index contributed by atoms with van der Waals surface area (Å²) >= 11 is 6.02. The molecule has 0 saturated heterocycles. The van der Waals surface area contributed by atoms with Crippen molar-refractivity contribution in [3.05, 3.63) is 58.6 Å². The van der Waals surface area contributed by atoms with Crippen LogP contribution in [-0.2, 0) is 12.8 Å². The van der Waals surface area contributed by atoms with Gasteiger partial charge in [0.1, 0.15) is 12.4 Å². The van der Waals surface area contributed by atoms with Crippen molar-refractivity contribution < 1.29 is 4.74 Å². The third kappa shape index (κ3) is 4.17. The maximum absolute atomic E-state index is 6.02. The first-order chi connectivity index (χ1) is 11.2. The normalized spacial score (nSPS) is 13.7. The van der Waals surface area contributed by atoms with Gasteiger partial charge in [-0.05, 0) is 54.7 Å². The lowest BCUT2D eigenvalue weighted by molar-refractivity contribution is 0.329. The first-order valence-electron chi connectivity index (χ1n) is 7.78. The minimum Gasteiger partial charge on any atom is -0.490 e. The van der Waals surface area contributed by atoms with Gasteiger partial charge in [-0.1, -0.05) is 29.8 Å². The van der Waals surface area contributed by atoms with E-state index in [4.69, 9.17) is 22.1 Å². The monoisotopic (exact) mass is 329 g/mol. The number of rotatable bonds is 5. The third-order valence-corrected chi connectivity index (χ3v) is 4.15. The van der Waals surface area contributed by atoms with E-state index < -0.39 is 0 Å². The summed E-state index contributed by atoms with van der Waals surface area (Å²) in [6.07, 6.45) is 3.56. The number of hydrogen-bond acceptors (Lipinski definition) is 2. The Kier molecular flexibility index (Phi) is 5.03. The highest BCUT2D eigenvalue weighted by Gasteiger charge is 2.10. The van der Waals surface area contributed by atoms with Gasteiger partial charge in [0.25, 0.3) is 0 Å². The van der Waals surface area contributed by atoms with Crippen LogP contribution in [0.1, 0.15) is 17.5 Å². The van der Waals surface area contributed by atoms with E-state index in [9.17, 15) is 0 Å². The van der Waals surface area contributed by atoms with E-state index >= 15 is 0 Å². The minimum atomic E-state index is 0.394. The van der Waals surface area contributed by atoms with E-state index in [1.807, 2.05) is 24.3 Å². The summed E-state index contributed by atoms with van der Waals surface area (Å²) in [5.41, 5.74) is 9.75. The van der Waals surface area contributed by atoms with Gasteiger partial charge in [-0.2, -0.15) is 0 Å². The second kappa shape index (κ2) is 7.38. The first kappa shape index (κ1) is 15.7. The average molecular weight is 330 g/mol. The number of aryl methyl sites for hydroxylation is 2. The van der Waals surface area contributed by atoms with Crippen molar-refractivity contribution in [3.63, 3.8) is 0 Å². The number of aliphatic imine (C=N–C) groups is 1. The SMILES string of the molecule is NC(=NCCOc1ccccc1Cl)Nc1ccc2c(c1)CCC2. The standard InChI is InChI=1S/C18H20ClN3O/c19-16-6-1-2-7-17(16)23-11-10-21-18(20)22-15-9-8-13-4-3-5-14(13)12-15/h1-2,6-9,12H,3-5,10-11H2,(H3,20,21,22). The number of guanidine groups is 1. The zero-order valence-corrected chi connectivity index (χ0v) is 13.6. The zero-order valence-electron chi connectivity index (χ0n) is 12.9. The molecule has 120 valence electrons. The van der Waals surface area contributed by atoms with Crippen LogP contribution in [-0.4, -0.2) is 19.1 Å². The van der Waals surface area contributed by atoms with Gasteiger partial charge in [0.2, 0.25) is 0 Å². The summed E-state index contributed by atoms with van der Waals surface area (Å²) in [5, 5.41) is 3.73. The number of ether oxygens (including phenoxy) is 1. The van der Waals surface area contributed by atoms with Crippen LogP contribution in [0.3, 0.4) is 0 Å². The molecule has 4 nitrogen and oxygen atoms in total. The molecule has 3 rings (SSSR count). The Morgan fingerprint density at radius 1 is 1.17 bits per heavy atom. The number of anilines is 1. The number of hydrogen-bond donors (Lipinski definition) is 2. The number of halogens is 1. The summed E-state index contributed by atoms with van der Waals surface area (Å²) < 4.78 is 5.58. The van der Waals surface area contributed by atoms with Crippen LogP contribution >= 0.6 is 11.6 Å². The van der Waals surface area contributed by atoms with Crippen molar-refractivity contribution in [1.29, 1.82) is 0 Å². The molecule has 23 heavy (non-hydrogen) atoms. The van der Waals surface area contributed by atoms with E-state index in [-0.39, 0.29) is 0 Å². The van der Waals surface area contributed by atoms with E-state index in [0.29, 0.717) is 29.9 Å². The fourth-order valence-corrected chi connectivity index (χ4v) is 2.91. The molecule has 0 amide bonds. The van der Waals surface area contributed by atoms with Crippen LogP contribution in [0.5, 0.6) is 5.75 Å². The second-order valence-corrected chi connectivity index (χ2v) is 5.92. The highest BCUT2D eigenvalue weighted by atomic mass is 35.5. The van der Waals surface area contributed by atoms with Crippen molar-refractivity contribution in [2.24, 2.45) is 10.7 Å². The molecule has 0 unspecified atom stereocenters. The van der Waals surface area contributed by atoms with Crippen LogP contribution < -0.4 is 15.8 Å². The summed E-state index contributed by atoms with van der Waals surface area (Å²) in [7, 11) is 0. The quantitative estimate of drug-likeness (QED) is 0.500. The zero-order chi connectivity index (χ0) is 16.1. The summed E-state index contributed by atoms with van der Waals surface area (Å²) in [5.74, 6) is 1.06. The van der Waals surface area contributed by atoms with E-state index in [1.54, 1.807) is 6.07 Å². The largest absolute Gasteiger partial charge is 0.490 e. The van der Waals surface area contributed by atoms with Crippen LogP contribution in [0.2, 0.25) is 5.02 Å². The van der Waals surface area contributed by atoms with Gasteiger partial charge < -0.3 is 15.8 Å². The van der Waals surface area contributed by atoms with E-state index in [0.717, 1.165) is 12.1 Å². The Morgan fingerprint density at radius 3 is 2.87 bits per heavy atom. The fraction of sp³-hybridized carbons (Fsp3) is 0.278. The number of nitrogens with two attached hydrogens (primary N) is 1. The number of fused-ring (bicyclic) bond motifs is 1. The van der Waals surface area contributed by atoms with Crippen LogP contribution in [0, 0.1) is 0 Å². The highest BCUT2D eigenvalue weighted by molar-refractivity contribution is 6.32. The molecule has 0 fully saturated rings. The van der Waals surface area contributed by atoms with Crippen LogP contribution in [0.4, 0.5) is 5.69 Å². The maximum atomic E-state index is 6.02. The molecule has 0 saturated carbocycles. The lowest BCUT2D eigenvalue weighted by atomic mass is 10.1. The highest BCUT2D eigenvalue weighted by Crippen LogP contribution is 2.25. The lowest BCUT2D eigenvalue weighted by Gasteiger charge is -2.09. The van der Waals surface area contributed by atoms with Gasteiger partial charge >= 0.3 is 0 Å². The molecule has 0 aromatic heterocycles. The van der Waals surface area contributed by atoms with Gasteiger partial charge in [0.05, 0.1) is 11.6 Å². The molecule has 0 atom stereocenters. The number of benzene rings is 2. The Bertz CT molecular complexity index is 715. The Morgan fingerprint density at radius 2 is 2.00 bits per heavy atom. The van der Waals surface area contributed by atoms with Crippen molar-refractivity contribution in [1.82, 2.24) is 0 Å². The molecule has 5 heteroatoms. The molecule has 0 radical (unpaired) electrons. The number of nitrogens with one attached hydrogen (secondary N) is 1. The Labute approximate surface area is 141 Å². The van der Waals surface area contributed by atoms with Gasteiger partial charge in [-0.15, -0.1) is 0 Å². The molecule has 1 aliphatic rings. The third-order valence-electron chi connectivity index (χ3n) is 3.84. The van der Waals surface area contributed by atoms with Gasteiger partial charge in [-0.3, -0.25) is 0 Å². The predicted octanol–water partition coefficient (Wildman–Crippen LogP) is 3.63. The van der Waals surface area contributed by atoms with Crippen molar-refractivity contribution in [3.8, 4) is 5.75 Å². The predicted molar refractivity (Wildman–Crippen MR) is 95.5 cm³/mol. The topological polar surface area (TPSA) is 59.6 Å². The van der Waals surface area contributed by atoms with E-state index in [2.05, 4.69) is 22.4 Å². The summed E-state index contributed by atoms with van der Waals surface area (Å²) in [4.78, 5) is 4.27. The Hall–Kier alpha value is -2.20. The second-order valence-electron chi connectivity index (χ2n) is 5.51. The molecule has 1 aliphatic carbocycles. The molecule has 0 heterocycles. The smallest absolute Gasteiger partial charge is 0.193 e.